The van der Waals surface area contributed by atoms with Gasteiger partial charge < -0.3 is 20.5 Å². The molecule has 2 rings (SSSR count). The van der Waals surface area contributed by atoms with Gasteiger partial charge in [-0.2, -0.15) is 0 Å². The first-order valence-corrected chi connectivity index (χ1v) is 7.89. The van der Waals surface area contributed by atoms with Gasteiger partial charge in [-0.05, 0) is 37.5 Å². The van der Waals surface area contributed by atoms with Crippen LogP contribution in [0.5, 0.6) is 0 Å². The maximum atomic E-state index is 12.0. The molecule has 1 saturated carbocycles. The third-order valence-corrected chi connectivity index (χ3v) is 4.57. The van der Waals surface area contributed by atoms with Crippen molar-refractivity contribution in [1.29, 1.82) is 0 Å². The van der Waals surface area contributed by atoms with Crippen LogP contribution < -0.4 is 10.6 Å². The Labute approximate surface area is 125 Å². The van der Waals surface area contributed by atoms with Gasteiger partial charge >= 0.3 is 12.0 Å². The highest BCUT2D eigenvalue weighted by atomic mass is 16.5. The molecular formula is C15H26N2O4. The zero-order valence-corrected chi connectivity index (χ0v) is 12.7. The molecule has 1 saturated heterocycles. The highest BCUT2D eigenvalue weighted by Gasteiger charge is 2.43. The number of rotatable bonds is 4. The zero-order valence-electron chi connectivity index (χ0n) is 12.7. The molecule has 0 aromatic rings. The minimum absolute atomic E-state index is 0.321. The lowest BCUT2D eigenvalue weighted by Gasteiger charge is -2.37. The first kappa shape index (κ1) is 16.1. The molecule has 0 spiro atoms. The molecule has 1 heterocycles. The Morgan fingerprint density at radius 1 is 1.33 bits per heavy atom. The molecule has 21 heavy (non-hydrogen) atoms. The normalized spacial score (nSPS) is 33.2. The van der Waals surface area contributed by atoms with Gasteiger partial charge in [0.25, 0.3) is 0 Å². The third kappa shape index (κ3) is 4.33. The SMILES string of the molecule is CC1CCCC(NC(=O)NCC2CCCOC2)(C(=O)O)C1. The molecule has 3 atom stereocenters. The van der Waals surface area contributed by atoms with E-state index in [1.807, 2.05) is 6.92 Å². The van der Waals surface area contributed by atoms with Crippen LogP contribution in [-0.2, 0) is 9.53 Å². The monoisotopic (exact) mass is 298 g/mol. The van der Waals surface area contributed by atoms with Crippen molar-refractivity contribution in [3.05, 3.63) is 0 Å². The average Bonchev–Trinajstić information content (AvgIpc) is 2.46. The van der Waals surface area contributed by atoms with E-state index in [2.05, 4.69) is 10.6 Å². The highest BCUT2D eigenvalue weighted by Crippen LogP contribution is 2.32. The van der Waals surface area contributed by atoms with Gasteiger partial charge in [0, 0.05) is 13.2 Å². The van der Waals surface area contributed by atoms with Crippen LogP contribution in [-0.4, -0.2) is 42.4 Å². The molecule has 120 valence electrons. The van der Waals surface area contributed by atoms with Crippen molar-refractivity contribution < 1.29 is 19.4 Å². The van der Waals surface area contributed by atoms with Crippen LogP contribution in [0.15, 0.2) is 0 Å². The predicted molar refractivity (Wildman–Crippen MR) is 78.1 cm³/mol. The smallest absolute Gasteiger partial charge is 0.329 e. The van der Waals surface area contributed by atoms with Gasteiger partial charge in [-0.25, -0.2) is 9.59 Å². The number of carbonyl (C=O) groups is 2. The largest absolute Gasteiger partial charge is 0.480 e. The summed E-state index contributed by atoms with van der Waals surface area (Å²) in [4.78, 5) is 23.6. The second-order valence-corrected chi connectivity index (χ2v) is 6.51. The standard InChI is InChI=1S/C15H26N2O4/c1-11-4-2-6-15(8-11,13(18)19)17-14(20)16-9-12-5-3-7-21-10-12/h11-12H,2-10H2,1H3,(H,18,19)(H2,16,17,20). The van der Waals surface area contributed by atoms with Crippen molar-refractivity contribution in [2.24, 2.45) is 11.8 Å². The van der Waals surface area contributed by atoms with Gasteiger partial charge in [-0.3, -0.25) is 0 Å². The minimum Gasteiger partial charge on any atom is -0.480 e. The lowest BCUT2D eigenvalue weighted by Crippen LogP contribution is -2.59. The number of aliphatic carboxylic acids is 1. The van der Waals surface area contributed by atoms with Gasteiger partial charge in [0.05, 0.1) is 6.61 Å². The predicted octanol–water partition coefficient (Wildman–Crippen LogP) is 1.75. The number of urea groups is 1. The number of carboxylic acids is 1. The minimum atomic E-state index is -1.11. The fourth-order valence-electron chi connectivity index (χ4n) is 3.38. The van der Waals surface area contributed by atoms with Crippen molar-refractivity contribution in [3.8, 4) is 0 Å². The number of hydrogen-bond acceptors (Lipinski definition) is 3. The molecule has 0 aromatic carbocycles. The molecule has 3 N–H and O–H groups in total. The van der Waals surface area contributed by atoms with Crippen molar-refractivity contribution >= 4 is 12.0 Å². The van der Waals surface area contributed by atoms with Gasteiger partial charge in [-0.15, -0.1) is 0 Å². The topological polar surface area (TPSA) is 87.7 Å². The highest BCUT2D eigenvalue weighted by molar-refractivity contribution is 5.86. The summed E-state index contributed by atoms with van der Waals surface area (Å²) in [5.41, 5.74) is -1.11. The average molecular weight is 298 g/mol. The number of nitrogens with one attached hydrogen (secondary N) is 2. The molecule has 1 aliphatic carbocycles. The molecule has 2 fully saturated rings. The van der Waals surface area contributed by atoms with E-state index in [-0.39, 0.29) is 6.03 Å². The summed E-state index contributed by atoms with van der Waals surface area (Å²) in [6, 6.07) is -0.378. The fourth-order valence-corrected chi connectivity index (χ4v) is 3.38. The van der Waals surface area contributed by atoms with E-state index >= 15 is 0 Å². The maximum absolute atomic E-state index is 12.0. The molecule has 0 bridgehead atoms. The van der Waals surface area contributed by atoms with Crippen LogP contribution in [0.4, 0.5) is 4.79 Å². The lowest BCUT2D eigenvalue weighted by molar-refractivity contribution is -0.146. The Morgan fingerprint density at radius 2 is 2.14 bits per heavy atom. The summed E-state index contributed by atoms with van der Waals surface area (Å²) in [7, 11) is 0. The van der Waals surface area contributed by atoms with E-state index in [1.165, 1.54) is 0 Å². The van der Waals surface area contributed by atoms with E-state index in [0.717, 1.165) is 32.3 Å². The molecule has 1 aliphatic heterocycles. The van der Waals surface area contributed by atoms with Crippen LogP contribution in [0.25, 0.3) is 0 Å². The van der Waals surface area contributed by atoms with E-state index in [1.54, 1.807) is 0 Å². The lowest BCUT2D eigenvalue weighted by atomic mass is 9.76. The quantitative estimate of drug-likeness (QED) is 0.738. The first-order chi connectivity index (χ1) is 10.0. The molecule has 0 aromatic heterocycles. The third-order valence-electron chi connectivity index (χ3n) is 4.57. The molecule has 0 radical (unpaired) electrons. The maximum Gasteiger partial charge on any atom is 0.329 e. The van der Waals surface area contributed by atoms with Crippen molar-refractivity contribution in [2.75, 3.05) is 19.8 Å². The van der Waals surface area contributed by atoms with Crippen LogP contribution in [0, 0.1) is 11.8 Å². The Bertz CT molecular complexity index is 382. The fraction of sp³-hybridized carbons (Fsp3) is 0.867. The first-order valence-electron chi connectivity index (χ1n) is 7.89. The Hall–Kier alpha value is -1.30. The van der Waals surface area contributed by atoms with Crippen molar-refractivity contribution in [3.63, 3.8) is 0 Å². The molecule has 2 aliphatic rings. The van der Waals surface area contributed by atoms with Crippen molar-refractivity contribution in [1.82, 2.24) is 10.6 Å². The number of ether oxygens (including phenoxy) is 1. The van der Waals surface area contributed by atoms with Crippen LogP contribution in [0.3, 0.4) is 0 Å². The van der Waals surface area contributed by atoms with Crippen LogP contribution in [0.1, 0.15) is 45.4 Å². The van der Waals surface area contributed by atoms with E-state index < -0.39 is 11.5 Å². The van der Waals surface area contributed by atoms with Crippen LogP contribution in [0.2, 0.25) is 0 Å². The molecular weight excluding hydrogens is 272 g/mol. The van der Waals surface area contributed by atoms with Gasteiger partial charge in [-0.1, -0.05) is 19.8 Å². The summed E-state index contributed by atoms with van der Waals surface area (Å²) in [6.07, 6.45) is 4.93. The number of carboxylic acid groups (broad SMARTS) is 1. The Kier molecular flexibility index (Phi) is 5.45. The molecule has 6 nitrogen and oxygen atoms in total. The molecule has 2 amide bonds. The second kappa shape index (κ2) is 7.11. The van der Waals surface area contributed by atoms with Gasteiger partial charge in [0.15, 0.2) is 0 Å². The van der Waals surface area contributed by atoms with Crippen LogP contribution >= 0.6 is 0 Å². The summed E-state index contributed by atoms with van der Waals surface area (Å²) in [6.45, 7) is 4.04. The second-order valence-electron chi connectivity index (χ2n) is 6.51. The number of amides is 2. The Balaban J connectivity index is 1.84. The van der Waals surface area contributed by atoms with E-state index in [4.69, 9.17) is 4.74 Å². The Morgan fingerprint density at radius 3 is 2.76 bits per heavy atom. The zero-order chi connectivity index (χ0) is 15.3. The summed E-state index contributed by atoms with van der Waals surface area (Å²) in [5, 5.41) is 15.0. The number of carbonyl (C=O) groups excluding carboxylic acids is 1. The number of hydrogen-bond donors (Lipinski definition) is 3. The van der Waals surface area contributed by atoms with Gasteiger partial charge in [0.2, 0.25) is 0 Å². The molecule has 6 heteroatoms. The summed E-state index contributed by atoms with van der Waals surface area (Å²) < 4.78 is 5.37. The summed E-state index contributed by atoms with van der Waals surface area (Å²) in [5.74, 6) is -0.275. The molecule has 3 unspecified atom stereocenters. The van der Waals surface area contributed by atoms with Gasteiger partial charge in [0.1, 0.15) is 5.54 Å². The summed E-state index contributed by atoms with van der Waals surface area (Å²) >= 11 is 0. The van der Waals surface area contributed by atoms with E-state index in [0.29, 0.717) is 37.8 Å². The van der Waals surface area contributed by atoms with Crippen molar-refractivity contribution in [2.45, 2.75) is 51.0 Å². The van der Waals surface area contributed by atoms with E-state index in [9.17, 15) is 14.7 Å².